The van der Waals surface area contributed by atoms with Crippen molar-refractivity contribution in [2.75, 3.05) is 7.11 Å². The van der Waals surface area contributed by atoms with Crippen LogP contribution in [0.4, 0.5) is 13.2 Å². The molecular weight excluding hydrogens is 485 g/mol. The van der Waals surface area contributed by atoms with E-state index < -0.39 is 17.5 Å². The van der Waals surface area contributed by atoms with Gasteiger partial charge in [0.25, 0.3) is 5.91 Å². The standard InChI is InChI=1S/C26H23F3N6O2/c1-33-25(14-8-19(27)23(29)20(28)9-14)18-10-15-4-3-5-22(24(18)32-33)35(15)26(36)17-11-16(37-2)6-7-21(17)34-13-30-12-31-34/h6-9,11-13,15,22H,3-5,10H2,1-2H3/t15-,22+/m0/s1. The Morgan fingerprint density at radius 3 is 2.59 bits per heavy atom. The summed E-state index contributed by atoms with van der Waals surface area (Å²) < 4.78 is 50.3. The van der Waals surface area contributed by atoms with E-state index >= 15 is 0 Å². The topological polar surface area (TPSA) is 78.1 Å². The van der Waals surface area contributed by atoms with E-state index in [1.54, 1.807) is 29.9 Å². The fourth-order valence-electron chi connectivity index (χ4n) is 5.69. The van der Waals surface area contributed by atoms with E-state index in [1.165, 1.54) is 24.4 Å². The molecule has 4 aromatic rings. The van der Waals surface area contributed by atoms with Crippen molar-refractivity contribution < 1.29 is 22.7 Å². The Kier molecular flexibility index (Phi) is 5.50. The number of methoxy groups -OCH3 is 1. The number of hydrogen-bond acceptors (Lipinski definition) is 5. The van der Waals surface area contributed by atoms with E-state index in [-0.39, 0.29) is 23.6 Å². The third-order valence-electron chi connectivity index (χ3n) is 7.27. The summed E-state index contributed by atoms with van der Waals surface area (Å²) in [5, 5.41) is 8.89. The number of aryl methyl sites for hydroxylation is 1. The van der Waals surface area contributed by atoms with Crippen LogP contribution in [0.5, 0.6) is 5.75 Å². The number of piperidine rings is 1. The Labute approximate surface area is 210 Å². The molecule has 0 aliphatic carbocycles. The summed E-state index contributed by atoms with van der Waals surface area (Å²) in [5.41, 5.74) is 3.26. The van der Waals surface area contributed by atoms with Gasteiger partial charge in [-0.3, -0.25) is 9.48 Å². The van der Waals surface area contributed by atoms with Crippen molar-refractivity contribution in [2.24, 2.45) is 7.05 Å². The monoisotopic (exact) mass is 508 g/mol. The second-order valence-electron chi connectivity index (χ2n) is 9.33. The molecule has 0 N–H and O–H groups in total. The summed E-state index contributed by atoms with van der Waals surface area (Å²) in [6.45, 7) is 0. The lowest BCUT2D eigenvalue weighted by molar-refractivity contribution is 0.0391. The minimum Gasteiger partial charge on any atom is -0.497 e. The zero-order chi connectivity index (χ0) is 25.8. The zero-order valence-corrected chi connectivity index (χ0v) is 20.2. The highest BCUT2D eigenvalue weighted by Crippen LogP contribution is 2.45. The zero-order valence-electron chi connectivity index (χ0n) is 20.2. The molecule has 2 aliphatic rings. The van der Waals surface area contributed by atoms with Crippen LogP contribution in [0.1, 0.15) is 46.9 Å². The molecule has 37 heavy (non-hydrogen) atoms. The highest BCUT2D eigenvalue weighted by molar-refractivity contribution is 5.99. The van der Waals surface area contributed by atoms with E-state index in [2.05, 4.69) is 10.1 Å². The van der Waals surface area contributed by atoms with Crippen LogP contribution in [-0.2, 0) is 13.5 Å². The van der Waals surface area contributed by atoms with Gasteiger partial charge in [0, 0.05) is 24.2 Å². The van der Waals surface area contributed by atoms with Gasteiger partial charge in [-0.05, 0) is 56.0 Å². The lowest BCUT2D eigenvalue weighted by atomic mass is 9.81. The number of ether oxygens (including phenoxy) is 1. The number of benzene rings is 2. The summed E-state index contributed by atoms with van der Waals surface area (Å²) in [6.07, 6.45) is 5.77. The van der Waals surface area contributed by atoms with Crippen LogP contribution in [0.15, 0.2) is 43.0 Å². The van der Waals surface area contributed by atoms with E-state index in [0.717, 1.165) is 30.5 Å². The van der Waals surface area contributed by atoms with Crippen molar-refractivity contribution in [3.05, 3.63) is 77.3 Å². The first-order chi connectivity index (χ1) is 17.9. The van der Waals surface area contributed by atoms with Crippen LogP contribution < -0.4 is 4.74 Å². The van der Waals surface area contributed by atoms with Crippen molar-refractivity contribution in [1.82, 2.24) is 29.4 Å². The smallest absolute Gasteiger partial charge is 0.257 e. The number of carbonyl (C=O) groups is 1. The summed E-state index contributed by atoms with van der Waals surface area (Å²) in [4.78, 5) is 20.0. The number of aromatic nitrogens is 5. The molecule has 2 atom stereocenters. The molecule has 0 spiro atoms. The predicted octanol–water partition coefficient (Wildman–Crippen LogP) is 4.39. The number of rotatable bonds is 4. The Balaban J connectivity index is 1.45. The number of hydrogen-bond donors (Lipinski definition) is 0. The van der Waals surface area contributed by atoms with Crippen LogP contribution in [-0.4, -0.2) is 48.5 Å². The normalized spacial score (nSPS) is 18.6. The Morgan fingerprint density at radius 2 is 1.89 bits per heavy atom. The third kappa shape index (κ3) is 3.68. The third-order valence-corrected chi connectivity index (χ3v) is 7.27. The quantitative estimate of drug-likeness (QED) is 0.382. The molecule has 11 heteroatoms. The average Bonchev–Trinajstić information content (AvgIpc) is 3.54. The SMILES string of the molecule is COc1ccc(-n2cncn2)c(C(=O)N2[C@H]3CCC[C@@H]2c2nn(C)c(-c4cc(F)c(F)c(F)c4)c2C3)c1. The molecule has 190 valence electrons. The van der Waals surface area contributed by atoms with E-state index in [4.69, 9.17) is 9.84 Å². The van der Waals surface area contributed by atoms with Gasteiger partial charge < -0.3 is 9.64 Å². The van der Waals surface area contributed by atoms with E-state index in [9.17, 15) is 18.0 Å². The van der Waals surface area contributed by atoms with Crippen molar-refractivity contribution in [1.29, 1.82) is 0 Å². The van der Waals surface area contributed by atoms with Crippen LogP contribution in [0, 0.1) is 17.5 Å². The van der Waals surface area contributed by atoms with Gasteiger partial charge in [0.1, 0.15) is 18.4 Å². The summed E-state index contributed by atoms with van der Waals surface area (Å²) in [7, 11) is 3.23. The Hall–Kier alpha value is -4.15. The molecule has 2 aromatic heterocycles. The fourth-order valence-corrected chi connectivity index (χ4v) is 5.69. The van der Waals surface area contributed by atoms with Gasteiger partial charge in [-0.15, -0.1) is 0 Å². The maximum atomic E-state index is 14.1. The number of halogens is 3. The molecule has 2 bridgehead atoms. The molecule has 0 saturated carbocycles. The number of carbonyl (C=O) groups excluding carboxylic acids is 1. The van der Waals surface area contributed by atoms with Gasteiger partial charge in [0.2, 0.25) is 0 Å². The van der Waals surface area contributed by atoms with E-state index in [0.29, 0.717) is 41.2 Å². The summed E-state index contributed by atoms with van der Waals surface area (Å²) in [5.74, 6) is -3.66. The molecule has 4 heterocycles. The molecule has 2 aliphatic heterocycles. The lowest BCUT2D eigenvalue weighted by Crippen LogP contribution is -2.50. The fraction of sp³-hybridized carbons (Fsp3) is 0.308. The van der Waals surface area contributed by atoms with Crippen molar-refractivity contribution in [3.63, 3.8) is 0 Å². The molecule has 0 radical (unpaired) electrons. The predicted molar refractivity (Wildman–Crippen MR) is 127 cm³/mol. The Morgan fingerprint density at radius 1 is 1.11 bits per heavy atom. The highest BCUT2D eigenvalue weighted by atomic mass is 19.2. The lowest BCUT2D eigenvalue weighted by Gasteiger charge is -2.45. The van der Waals surface area contributed by atoms with Crippen LogP contribution in [0.3, 0.4) is 0 Å². The van der Waals surface area contributed by atoms with Gasteiger partial charge in [0.15, 0.2) is 17.5 Å². The second-order valence-corrected chi connectivity index (χ2v) is 9.33. The largest absolute Gasteiger partial charge is 0.497 e. The van der Waals surface area contributed by atoms with Crippen LogP contribution >= 0.6 is 0 Å². The van der Waals surface area contributed by atoms with Crippen molar-refractivity contribution >= 4 is 5.91 Å². The maximum Gasteiger partial charge on any atom is 0.257 e. The van der Waals surface area contributed by atoms with Crippen LogP contribution in [0.2, 0.25) is 0 Å². The second kappa shape index (κ2) is 8.75. The highest BCUT2D eigenvalue weighted by Gasteiger charge is 2.44. The number of fused-ring (bicyclic) bond motifs is 4. The van der Waals surface area contributed by atoms with Gasteiger partial charge in [-0.25, -0.2) is 22.8 Å². The molecular formula is C26H23F3N6O2. The molecule has 2 aromatic carbocycles. The summed E-state index contributed by atoms with van der Waals surface area (Å²) in [6, 6.07) is 6.73. The van der Waals surface area contributed by atoms with Gasteiger partial charge >= 0.3 is 0 Å². The van der Waals surface area contributed by atoms with Gasteiger partial charge in [0.05, 0.1) is 35.8 Å². The Bertz CT molecular complexity index is 1490. The maximum absolute atomic E-state index is 14.1. The molecule has 8 nitrogen and oxygen atoms in total. The number of nitrogens with zero attached hydrogens (tertiary/aromatic N) is 6. The minimum atomic E-state index is -1.50. The molecule has 0 unspecified atom stereocenters. The first-order valence-corrected chi connectivity index (χ1v) is 11.9. The molecule has 1 fully saturated rings. The van der Waals surface area contributed by atoms with Crippen LogP contribution in [0.25, 0.3) is 16.9 Å². The van der Waals surface area contributed by atoms with Gasteiger partial charge in [-0.1, -0.05) is 0 Å². The van der Waals surface area contributed by atoms with E-state index in [1.807, 2.05) is 4.90 Å². The van der Waals surface area contributed by atoms with Gasteiger partial charge in [-0.2, -0.15) is 10.2 Å². The first-order valence-electron chi connectivity index (χ1n) is 11.9. The van der Waals surface area contributed by atoms with Crippen molar-refractivity contribution in [2.45, 2.75) is 37.8 Å². The number of amides is 1. The average molecular weight is 509 g/mol. The molecule has 6 rings (SSSR count). The molecule has 1 saturated heterocycles. The van der Waals surface area contributed by atoms with Crippen molar-refractivity contribution in [3.8, 4) is 22.7 Å². The summed E-state index contributed by atoms with van der Waals surface area (Å²) >= 11 is 0. The molecule has 1 amide bonds. The minimum absolute atomic E-state index is 0.147. The first kappa shape index (κ1) is 23.3.